The Kier molecular flexibility index (Phi) is 5.36. The molecule has 0 amide bonds. The van der Waals surface area contributed by atoms with E-state index >= 15 is 0 Å². The van der Waals surface area contributed by atoms with E-state index < -0.39 is 28.2 Å². The zero-order valence-corrected chi connectivity index (χ0v) is 13.0. The van der Waals surface area contributed by atoms with Gasteiger partial charge in [0.2, 0.25) is 0 Å². The highest BCUT2D eigenvalue weighted by Gasteiger charge is 2.23. The summed E-state index contributed by atoms with van der Waals surface area (Å²) in [4.78, 5) is 21.8. The standard InChI is InChI=1S/C17H17NO6/c1-2-24-13-5-3-4-12(10-13)14(17(20)21)8-11-6-7-16(19)15(9-11)18(22)23/h3-7,9-10,14,19H,2,8H2,1H3,(H,20,21). The van der Waals surface area contributed by atoms with Crippen LogP contribution in [0.5, 0.6) is 11.5 Å². The van der Waals surface area contributed by atoms with Gasteiger partial charge in [0.05, 0.1) is 17.4 Å². The zero-order valence-electron chi connectivity index (χ0n) is 13.0. The third-order valence-corrected chi connectivity index (χ3v) is 3.55. The highest BCUT2D eigenvalue weighted by molar-refractivity contribution is 5.76. The molecule has 0 aliphatic heterocycles. The number of carbonyl (C=O) groups is 1. The van der Waals surface area contributed by atoms with Gasteiger partial charge in [0.15, 0.2) is 5.75 Å². The van der Waals surface area contributed by atoms with Crippen LogP contribution in [0.2, 0.25) is 0 Å². The first-order chi connectivity index (χ1) is 11.4. The molecule has 0 spiro atoms. The second kappa shape index (κ2) is 7.45. The van der Waals surface area contributed by atoms with Crippen molar-refractivity contribution in [3.8, 4) is 11.5 Å². The lowest BCUT2D eigenvalue weighted by atomic mass is 9.91. The Morgan fingerprint density at radius 1 is 1.29 bits per heavy atom. The van der Waals surface area contributed by atoms with Crippen molar-refractivity contribution in [2.24, 2.45) is 0 Å². The topological polar surface area (TPSA) is 110 Å². The molecule has 2 aromatic rings. The van der Waals surface area contributed by atoms with E-state index in [1.807, 2.05) is 6.92 Å². The van der Waals surface area contributed by atoms with Gasteiger partial charge < -0.3 is 14.9 Å². The third-order valence-electron chi connectivity index (χ3n) is 3.55. The molecule has 2 rings (SSSR count). The summed E-state index contributed by atoms with van der Waals surface area (Å²) >= 11 is 0. The van der Waals surface area contributed by atoms with Gasteiger partial charge in [-0.3, -0.25) is 14.9 Å². The number of aromatic hydroxyl groups is 1. The van der Waals surface area contributed by atoms with Crippen molar-refractivity contribution < 1.29 is 24.7 Å². The number of rotatable bonds is 7. The summed E-state index contributed by atoms with van der Waals surface area (Å²) in [5, 5.41) is 29.9. The van der Waals surface area contributed by atoms with Crippen molar-refractivity contribution in [1.82, 2.24) is 0 Å². The Morgan fingerprint density at radius 2 is 2.04 bits per heavy atom. The van der Waals surface area contributed by atoms with Crippen LogP contribution in [0.3, 0.4) is 0 Å². The average Bonchev–Trinajstić information content (AvgIpc) is 2.54. The summed E-state index contributed by atoms with van der Waals surface area (Å²) in [6, 6.07) is 10.6. The van der Waals surface area contributed by atoms with E-state index in [2.05, 4.69) is 0 Å². The van der Waals surface area contributed by atoms with Gasteiger partial charge in [-0.2, -0.15) is 0 Å². The fraction of sp³-hybridized carbons (Fsp3) is 0.235. The molecule has 0 aliphatic rings. The molecule has 0 saturated carbocycles. The maximum absolute atomic E-state index is 11.6. The minimum absolute atomic E-state index is 0.0615. The predicted molar refractivity (Wildman–Crippen MR) is 86.5 cm³/mol. The smallest absolute Gasteiger partial charge is 0.311 e. The summed E-state index contributed by atoms with van der Waals surface area (Å²) in [5.74, 6) is -1.80. The van der Waals surface area contributed by atoms with Gasteiger partial charge in [-0.15, -0.1) is 0 Å². The second-order valence-electron chi connectivity index (χ2n) is 5.18. The quantitative estimate of drug-likeness (QED) is 0.596. The van der Waals surface area contributed by atoms with Crippen LogP contribution >= 0.6 is 0 Å². The Morgan fingerprint density at radius 3 is 2.67 bits per heavy atom. The summed E-state index contributed by atoms with van der Waals surface area (Å²) in [7, 11) is 0. The van der Waals surface area contributed by atoms with Crippen molar-refractivity contribution in [2.75, 3.05) is 6.61 Å². The van der Waals surface area contributed by atoms with Crippen LogP contribution in [-0.4, -0.2) is 27.7 Å². The number of phenolic OH excluding ortho intramolecular Hbond substituents is 1. The lowest BCUT2D eigenvalue weighted by molar-refractivity contribution is -0.385. The molecule has 126 valence electrons. The summed E-state index contributed by atoms with van der Waals surface area (Å²) < 4.78 is 5.38. The van der Waals surface area contributed by atoms with E-state index in [0.717, 1.165) is 0 Å². The van der Waals surface area contributed by atoms with Gasteiger partial charge in [0, 0.05) is 6.07 Å². The van der Waals surface area contributed by atoms with Gasteiger partial charge in [-0.05, 0) is 42.7 Å². The van der Waals surface area contributed by atoms with Crippen LogP contribution < -0.4 is 4.74 Å². The first-order valence-electron chi connectivity index (χ1n) is 7.34. The number of carboxylic acids is 1. The molecular weight excluding hydrogens is 314 g/mol. The van der Waals surface area contributed by atoms with E-state index in [1.54, 1.807) is 24.3 Å². The number of nitro groups is 1. The van der Waals surface area contributed by atoms with Crippen molar-refractivity contribution >= 4 is 11.7 Å². The summed E-state index contributed by atoms with van der Waals surface area (Å²) in [5.41, 5.74) is 0.553. The zero-order chi connectivity index (χ0) is 17.7. The average molecular weight is 331 g/mol. The Balaban J connectivity index is 2.33. The maximum atomic E-state index is 11.6. The number of ether oxygens (including phenoxy) is 1. The number of nitro benzene ring substituents is 1. The number of phenols is 1. The molecule has 0 aliphatic carbocycles. The minimum atomic E-state index is -1.04. The van der Waals surface area contributed by atoms with Crippen LogP contribution in [0.4, 0.5) is 5.69 Å². The van der Waals surface area contributed by atoms with Crippen LogP contribution in [0, 0.1) is 10.1 Å². The molecule has 24 heavy (non-hydrogen) atoms. The van der Waals surface area contributed by atoms with Crippen molar-refractivity contribution in [3.05, 3.63) is 63.7 Å². The monoisotopic (exact) mass is 331 g/mol. The van der Waals surface area contributed by atoms with Crippen LogP contribution in [-0.2, 0) is 11.2 Å². The first-order valence-corrected chi connectivity index (χ1v) is 7.34. The van der Waals surface area contributed by atoms with Gasteiger partial charge in [0.25, 0.3) is 0 Å². The molecule has 0 fully saturated rings. The van der Waals surface area contributed by atoms with Gasteiger partial charge in [-0.25, -0.2) is 0 Å². The Labute approximate surface area is 138 Å². The van der Waals surface area contributed by atoms with Crippen molar-refractivity contribution in [2.45, 2.75) is 19.3 Å². The van der Waals surface area contributed by atoms with E-state index in [4.69, 9.17) is 4.74 Å². The summed E-state index contributed by atoms with van der Waals surface area (Å²) in [6.07, 6.45) is 0.0615. The number of hydrogen-bond donors (Lipinski definition) is 2. The van der Waals surface area contributed by atoms with Crippen molar-refractivity contribution in [1.29, 1.82) is 0 Å². The Hall–Kier alpha value is -3.09. The fourth-order valence-electron chi connectivity index (χ4n) is 2.41. The molecule has 0 heterocycles. The van der Waals surface area contributed by atoms with Crippen LogP contribution in [0.15, 0.2) is 42.5 Å². The fourth-order valence-corrected chi connectivity index (χ4v) is 2.41. The number of nitrogens with zero attached hydrogens (tertiary/aromatic N) is 1. The molecule has 0 bridgehead atoms. The molecular formula is C17H17NO6. The van der Waals surface area contributed by atoms with Gasteiger partial charge in [0.1, 0.15) is 5.75 Å². The van der Waals surface area contributed by atoms with E-state index in [1.165, 1.54) is 18.2 Å². The highest BCUT2D eigenvalue weighted by atomic mass is 16.6. The molecule has 0 radical (unpaired) electrons. The number of benzene rings is 2. The van der Waals surface area contributed by atoms with Gasteiger partial charge in [-0.1, -0.05) is 18.2 Å². The van der Waals surface area contributed by atoms with E-state index in [9.17, 15) is 25.1 Å². The second-order valence-corrected chi connectivity index (χ2v) is 5.18. The predicted octanol–water partition coefficient (Wildman–Crippen LogP) is 3.11. The molecule has 7 nitrogen and oxygen atoms in total. The molecule has 0 aromatic heterocycles. The first kappa shape index (κ1) is 17.3. The van der Waals surface area contributed by atoms with Gasteiger partial charge >= 0.3 is 11.7 Å². The Bertz CT molecular complexity index is 758. The van der Waals surface area contributed by atoms with Crippen LogP contribution in [0.1, 0.15) is 24.0 Å². The molecule has 2 N–H and O–H groups in total. The normalized spacial score (nSPS) is 11.7. The van der Waals surface area contributed by atoms with Crippen molar-refractivity contribution in [3.63, 3.8) is 0 Å². The lowest BCUT2D eigenvalue weighted by Gasteiger charge is -2.14. The largest absolute Gasteiger partial charge is 0.502 e. The molecule has 2 aromatic carbocycles. The summed E-state index contributed by atoms with van der Waals surface area (Å²) in [6.45, 7) is 2.29. The minimum Gasteiger partial charge on any atom is -0.502 e. The highest BCUT2D eigenvalue weighted by Crippen LogP contribution is 2.30. The number of aliphatic carboxylic acids is 1. The molecule has 1 atom stereocenters. The van der Waals surface area contributed by atoms with E-state index in [0.29, 0.717) is 23.5 Å². The third kappa shape index (κ3) is 4.01. The number of hydrogen-bond acceptors (Lipinski definition) is 5. The lowest BCUT2D eigenvalue weighted by Crippen LogP contribution is -2.14. The number of carboxylic acid groups (broad SMARTS) is 1. The van der Waals surface area contributed by atoms with E-state index in [-0.39, 0.29) is 6.42 Å². The SMILES string of the molecule is CCOc1cccc(C(Cc2ccc(O)c([N+](=O)[O-])c2)C(=O)O)c1. The maximum Gasteiger partial charge on any atom is 0.311 e. The molecule has 1 unspecified atom stereocenters. The van der Waals surface area contributed by atoms with Crippen LogP contribution in [0.25, 0.3) is 0 Å². The molecule has 7 heteroatoms. The molecule has 0 saturated heterocycles.